The molecule has 0 saturated heterocycles. The molecule has 0 saturated carbocycles. The summed E-state index contributed by atoms with van der Waals surface area (Å²) in [4.78, 5) is 22.1. The highest BCUT2D eigenvalue weighted by Crippen LogP contribution is 2.29. The topological polar surface area (TPSA) is 73.7 Å². The van der Waals surface area contributed by atoms with Crippen molar-refractivity contribution < 1.29 is 22.4 Å². The quantitative estimate of drug-likeness (QED) is 0.334. The van der Waals surface area contributed by atoms with E-state index in [1.165, 1.54) is 22.2 Å². The fourth-order valence-corrected chi connectivity index (χ4v) is 3.07. The molecule has 1 aromatic heterocycles. The number of nitrogens with one attached hydrogen (secondary N) is 1. The van der Waals surface area contributed by atoms with E-state index in [1.807, 2.05) is 0 Å². The van der Waals surface area contributed by atoms with E-state index in [9.17, 15) is 18.0 Å². The Balaban J connectivity index is 2.24. The van der Waals surface area contributed by atoms with Crippen LogP contribution in [0.1, 0.15) is 35.3 Å². The van der Waals surface area contributed by atoms with Gasteiger partial charge in [-0.3, -0.25) is 9.80 Å². The number of alkyl halides is 3. The number of nitrogens with zero attached hydrogens (tertiary/aromatic N) is 5. The first-order valence-corrected chi connectivity index (χ1v) is 10.1. The van der Waals surface area contributed by atoms with Gasteiger partial charge in [-0.15, -0.1) is 0 Å². The minimum atomic E-state index is -4.53. The lowest BCUT2D eigenvalue weighted by atomic mass is 10.1. The third-order valence-corrected chi connectivity index (χ3v) is 4.89. The van der Waals surface area contributed by atoms with Crippen LogP contribution in [0.5, 0.6) is 0 Å². The van der Waals surface area contributed by atoms with Gasteiger partial charge in [0.1, 0.15) is 11.4 Å². The average molecular weight is 466 g/mol. The molecule has 1 amide bonds. The lowest BCUT2D eigenvalue weighted by Crippen LogP contribution is -2.43. The number of carbonyl (C=O) groups excluding carboxylic acids is 1. The lowest BCUT2D eigenvalue weighted by molar-refractivity contribution is -0.138. The maximum Gasteiger partial charge on any atom is 0.419 e. The number of anilines is 2. The average Bonchev–Trinajstić information content (AvgIpc) is 2.77. The summed E-state index contributed by atoms with van der Waals surface area (Å²) in [5.41, 5.74) is -0.496. The molecular weight excluding hydrogens is 440 g/mol. The van der Waals surface area contributed by atoms with Crippen LogP contribution < -0.4 is 10.3 Å². The van der Waals surface area contributed by atoms with Crippen LogP contribution in [0.4, 0.5) is 29.2 Å². The van der Waals surface area contributed by atoms with E-state index >= 15 is 4.39 Å². The smallest absolute Gasteiger partial charge is 0.352 e. The standard InChI is InChI=1S/C22H26F4N6O/c1-6-10-30-31(5)17-9-8-14(3)19(23)18(17)20(33)32(7-2)15(4)11-27-21-28-12-16(13-29-21)22(24,25)26/h6,8-10,12-13,15H,1,7,11H2,2-5H3,(H,27,28,29)/b30-10-/t15-/m0/s1. The molecule has 178 valence electrons. The Morgan fingerprint density at radius 1 is 1.30 bits per heavy atom. The van der Waals surface area contributed by atoms with Gasteiger partial charge in [-0.05, 0) is 38.5 Å². The van der Waals surface area contributed by atoms with Crippen LogP contribution in [0.15, 0.2) is 42.3 Å². The molecule has 7 nitrogen and oxygen atoms in total. The molecule has 0 bridgehead atoms. The summed E-state index contributed by atoms with van der Waals surface area (Å²) < 4.78 is 53.1. The van der Waals surface area contributed by atoms with Crippen molar-refractivity contribution in [2.45, 2.75) is 33.0 Å². The number of hydrazone groups is 1. The summed E-state index contributed by atoms with van der Waals surface area (Å²) in [6.45, 7) is 8.98. The van der Waals surface area contributed by atoms with Crippen LogP contribution in [0.2, 0.25) is 0 Å². The third-order valence-electron chi connectivity index (χ3n) is 4.89. The van der Waals surface area contributed by atoms with Gasteiger partial charge in [0, 0.05) is 44.8 Å². The van der Waals surface area contributed by atoms with Crippen molar-refractivity contribution in [2.24, 2.45) is 5.10 Å². The number of hydrogen-bond donors (Lipinski definition) is 1. The van der Waals surface area contributed by atoms with E-state index < -0.39 is 29.5 Å². The SMILES string of the molecule is C=C/C=N\N(C)c1ccc(C)c(F)c1C(=O)N(CC)[C@@H](C)CNc1ncc(C(F)(F)F)cn1. The number of allylic oxidation sites excluding steroid dienone is 1. The fraction of sp³-hybridized carbons (Fsp3) is 0.364. The molecule has 0 aliphatic carbocycles. The minimum Gasteiger partial charge on any atom is -0.352 e. The first-order chi connectivity index (χ1) is 15.5. The Morgan fingerprint density at radius 2 is 1.94 bits per heavy atom. The van der Waals surface area contributed by atoms with Crippen molar-refractivity contribution >= 4 is 23.8 Å². The fourth-order valence-electron chi connectivity index (χ4n) is 3.07. The van der Waals surface area contributed by atoms with Gasteiger partial charge in [-0.2, -0.15) is 18.3 Å². The molecule has 1 N–H and O–H groups in total. The van der Waals surface area contributed by atoms with E-state index in [2.05, 4.69) is 27.0 Å². The highest BCUT2D eigenvalue weighted by atomic mass is 19.4. The number of benzene rings is 1. The maximum atomic E-state index is 15.1. The minimum absolute atomic E-state index is 0.0146. The Kier molecular flexibility index (Phi) is 8.50. The highest BCUT2D eigenvalue weighted by molar-refractivity contribution is 6.00. The van der Waals surface area contributed by atoms with Crippen molar-refractivity contribution in [3.63, 3.8) is 0 Å². The summed E-state index contributed by atoms with van der Waals surface area (Å²) >= 11 is 0. The monoisotopic (exact) mass is 466 g/mol. The summed E-state index contributed by atoms with van der Waals surface area (Å²) in [5.74, 6) is -1.21. The predicted octanol–water partition coefficient (Wildman–Crippen LogP) is 4.51. The van der Waals surface area contributed by atoms with Crippen LogP contribution in [0.3, 0.4) is 0 Å². The van der Waals surface area contributed by atoms with Gasteiger partial charge < -0.3 is 10.2 Å². The number of carbonyl (C=O) groups is 1. The second-order valence-corrected chi connectivity index (χ2v) is 7.23. The van der Waals surface area contributed by atoms with Crippen molar-refractivity contribution in [3.05, 3.63) is 59.7 Å². The molecular formula is C22H26F4N6O. The summed E-state index contributed by atoms with van der Waals surface area (Å²) in [5, 5.41) is 8.29. The number of likely N-dealkylation sites (N-methyl/N-ethyl adjacent to an activating group) is 1. The third kappa shape index (κ3) is 6.27. The Hall–Kier alpha value is -3.50. The van der Waals surface area contributed by atoms with Crippen LogP contribution >= 0.6 is 0 Å². The van der Waals surface area contributed by atoms with Crippen molar-refractivity contribution in [3.8, 4) is 0 Å². The summed E-state index contributed by atoms with van der Waals surface area (Å²) in [6, 6.07) is 2.71. The molecule has 0 fully saturated rings. The van der Waals surface area contributed by atoms with Gasteiger partial charge in [-0.25, -0.2) is 14.4 Å². The largest absolute Gasteiger partial charge is 0.419 e. The Morgan fingerprint density at radius 3 is 2.48 bits per heavy atom. The first-order valence-electron chi connectivity index (χ1n) is 10.1. The maximum absolute atomic E-state index is 15.1. The highest BCUT2D eigenvalue weighted by Gasteiger charge is 2.31. The molecule has 2 aromatic rings. The predicted molar refractivity (Wildman–Crippen MR) is 120 cm³/mol. The van der Waals surface area contributed by atoms with Crippen molar-refractivity contribution in [1.29, 1.82) is 0 Å². The number of rotatable bonds is 9. The summed E-state index contributed by atoms with van der Waals surface area (Å²) in [6.07, 6.45) is -0.304. The van der Waals surface area contributed by atoms with Crippen molar-refractivity contribution in [1.82, 2.24) is 14.9 Å². The second kappa shape index (κ2) is 10.9. The molecule has 11 heteroatoms. The molecule has 0 radical (unpaired) electrons. The molecule has 1 atom stereocenters. The van der Waals surface area contributed by atoms with E-state index in [4.69, 9.17) is 0 Å². The number of aryl methyl sites for hydroxylation is 1. The van der Waals surface area contributed by atoms with Gasteiger partial charge in [-0.1, -0.05) is 12.6 Å². The van der Waals surface area contributed by atoms with Crippen LogP contribution in [0, 0.1) is 12.7 Å². The van der Waals surface area contributed by atoms with Crippen molar-refractivity contribution in [2.75, 3.05) is 30.5 Å². The van der Waals surface area contributed by atoms with Gasteiger partial charge in [0.05, 0.1) is 11.3 Å². The van der Waals surface area contributed by atoms with Gasteiger partial charge in [0.15, 0.2) is 0 Å². The van der Waals surface area contributed by atoms with Crippen LogP contribution in [0.25, 0.3) is 0 Å². The van der Waals surface area contributed by atoms with Gasteiger partial charge in [0.2, 0.25) is 5.95 Å². The summed E-state index contributed by atoms with van der Waals surface area (Å²) in [7, 11) is 1.59. The Labute approximate surface area is 189 Å². The normalized spacial score (nSPS) is 12.5. The lowest BCUT2D eigenvalue weighted by Gasteiger charge is -2.30. The van der Waals surface area contributed by atoms with Gasteiger partial charge >= 0.3 is 6.18 Å². The number of hydrogen-bond acceptors (Lipinski definition) is 6. The Bertz CT molecular complexity index is 1010. The molecule has 0 spiro atoms. The zero-order chi connectivity index (χ0) is 24.8. The number of halogens is 4. The number of amides is 1. The molecule has 0 aliphatic rings. The van der Waals surface area contributed by atoms with E-state index in [-0.39, 0.29) is 30.3 Å². The van der Waals surface area contributed by atoms with Gasteiger partial charge in [0.25, 0.3) is 5.91 Å². The van der Waals surface area contributed by atoms with E-state index in [0.717, 1.165) is 0 Å². The first kappa shape index (κ1) is 25.8. The molecule has 0 unspecified atom stereocenters. The molecule has 2 rings (SSSR count). The van der Waals surface area contributed by atoms with Crippen LogP contribution in [-0.4, -0.2) is 53.2 Å². The molecule has 1 heterocycles. The van der Waals surface area contributed by atoms with E-state index in [1.54, 1.807) is 40.0 Å². The molecule has 33 heavy (non-hydrogen) atoms. The number of aromatic nitrogens is 2. The van der Waals surface area contributed by atoms with E-state index in [0.29, 0.717) is 18.0 Å². The molecule has 0 aliphatic heterocycles. The zero-order valence-corrected chi connectivity index (χ0v) is 18.8. The molecule has 1 aromatic carbocycles. The second-order valence-electron chi connectivity index (χ2n) is 7.23. The zero-order valence-electron chi connectivity index (χ0n) is 18.8. The van der Waals surface area contributed by atoms with Crippen LogP contribution in [-0.2, 0) is 6.18 Å².